The molecule has 0 saturated carbocycles. The Labute approximate surface area is 136 Å². The first-order chi connectivity index (χ1) is 11.0. The predicted octanol–water partition coefficient (Wildman–Crippen LogP) is 3.37. The molecule has 5 heteroatoms. The molecule has 0 aliphatic heterocycles. The minimum Gasteiger partial charge on any atom is -0.493 e. The summed E-state index contributed by atoms with van der Waals surface area (Å²) in [6.45, 7) is 4.23. The van der Waals surface area contributed by atoms with Crippen LogP contribution in [0.3, 0.4) is 0 Å². The molecular formula is C18H22N2O3. The fourth-order valence-electron chi connectivity index (χ4n) is 2.15. The topological polar surface area (TPSA) is 59.6 Å². The van der Waals surface area contributed by atoms with Crippen LogP contribution in [0.1, 0.15) is 11.1 Å². The van der Waals surface area contributed by atoms with Crippen molar-refractivity contribution in [3.63, 3.8) is 0 Å². The van der Waals surface area contributed by atoms with Gasteiger partial charge in [-0.15, -0.1) is 0 Å². The Morgan fingerprint density at radius 3 is 2.26 bits per heavy atom. The molecule has 1 amide bonds. The average Bonchev–Trinajstić information content (AvgIpc) is 2.56. The molecule has 0 saturated heterocycles. The summed E-state index contributed by atoms with van der Waals surface area (Å²) in [5, 5.41) is 5.94. The van der Waals surface area contributed by atoms with Crippen LogP contribution in [0, 0.1) is 13.8 Å². The van der Waals surface area contributed by atoms with Gasteiger partial charge in [-0.1, -0.05) is 6.07 Å². The molecule has 0 aromatic heterocycles. The van der Waals surface area contributed by atoms with Crippen molar-refractivity contribution in [3.05, 3.63) is 47.5 Å². The van der Waals surface area contributed by atoms with Gasteiger partial charge in [-0.3, -0.25) is 4.79 Å². The number of carbonyl (C=O) groups is 1. The zero-order valence-electron chi connectivity index (χ0n) is 13.9. The van der Waals surface area contributed by atoms with Crippen molar-refractivity contribution >= 4 is 17.3 Å². The lowest BCUT2D eigenvalue weighted by Gasteiger charge is -2.12. The molecule has 0 aliphatic carbocycles. The Morgan fingerprint density at radius 2 is 1.61 bits per heavy atom. The first-order valence-corrected chi connectivity index (χ1v) is 7.36. The van der Waals surface area contributed by atoms with Crippen LogP contribution in [-0.2, 0) is 4.79 Å². The van der Waals surface area contributed by atoms with Gasteiger partial charge in [0.1, 0.15) is 0 Å². The lowest BCUT2D eigenvalue weighted by atomic mass is 10.1. The number of anilines is 2. The van der Waals surface area contributed by atoms with Crippen LogP contribution in [0.4, 0.5) is 11.4 Å². The van der Waals surface area contributed by atoms with E-state index in [1.54, 1.807) is 26.4 Å². The summed E-state index contributed by atoms with van der Waals surface area (Å²) < 4.78 is 10.4. The van der Waals surface area contributed by atoms with Gasteiger partial charge in [-0.05, 0) is 49.2 Å². The highest BCUT2D eigenvalue weighted by molar-refractivity contribution is 5.93. The van der Waals surface area contributed by atoms with Gasteiger partial charge in [0.15, 0.2) is 11.5 Å². The molecule has 5 nitrogen and oxygen atoms in total. The summed E-state index contributed by atoms with van der Waals surface area (Å²) in [4.78, 5) is 12.0. The highest BCUT2D eigenvalue weighted by atomic mass is 16.5. The molecular weight excluding hydrogens is 292 g/mol. The van der Waals surface area contributed by atoms with E-state index in [1.165, 1.54) is 5.56 Å². The standard InChI is InChI=1S/C18H22N2O3/c1-12-5-6-15(9-13(12)2)20-18(21)11-19-14-7-8-16(22-3)17(10-14)23-4/h5-10,19H,11H2,1-4H3,(H,20,21). The molecule has 0 bridgehead atoms. The van der Waals surface area contributed by atoms with Gasteiger partial charge in [0.05, 0.1) is 20.8 Å². The maximum absolute atomic E-state index is 12.0. The van der Waals surface area contributed by atoms with Gasteiger partial charge in [0, 0.05) is 17.4 Å². The summed E-state index contributed by atoms with van der Waals surface area (Å²) in [7, 11) is 3.16. The van der Waals surface area contributed by atoms with Crippen LogP contribution in [0.2, 0.25) is 0 Å². The molecule has 2 rings (SSSR count). The maximum atomic E-state index is 12.0. The first kappa shape index (κ1) is 16.7. The van der Waals surface area contributed by atoms with E-state index in [0.717, 1.165) is 16.9 Å². The zero-order valence-corrected chi connectivity index (χ0v) is 13.9. The molecule has 2 aromatic rings. The Bertz CT molecular complexity index is 699. The van der Waals surface area contributed by atoms with E-state index in [0.29, 0.717) is 11.5 Å². The summed E-state index contributed by atoms with van der Waals surface area (Å²) >= 11 is 0. The lowest BCUT2D eigenvalue weighted by molar-refractivity contribution is -0.114. The predicted molar refractivity (Wildman–Crippen MR) is 92.6 cm³/mol. The van der Waals surface area contributed by atoms with Crippen molar-refractivity contribution < 1.29 is 14.3 Å². The summed E-state index contributed by atoms with van der Waals surface area (Å²) in [5.41, 5.74) is 3.94. The molecule has 0 fully saturated rings. The minimum absolute atomic E-state index is 0.108. The number of ether oxygens (including phenoxy) is 2. The third-order valence-corrected chi connectivity index (χ3v) is 3.63. The summed E-state index contributed by atoms with van der Waals surface area (Å²) in [6.07, 6.45) is 0. The summed E-state index contributed by atoms with van der Waals surface area (Å²) in [5.74, 6) is 1.16. The second-order valence-electron chi connectivity index (χ2n) is 5.27. The van der Waals surface area contributed by atoms with Crippen molar-refractivity contribution in [1.82, 2.24) is 0 Å². The van der Waals surface area contributed by atoms with Crippen molar-refractivity contribution in [2.75, 3.05) is 31.4 Å². The van der Waals surface area contributed by atoms with Crippen molar-refractivity contribution in [2.24, 2.45) is 0 Å². The van der Waals surface area contributed by atoms with Gasteiger partial charge in [0.25, 0.3) is 0 Å². The third-order valence-electron chi connectivity index (χ3n) is 3.63. The molecule has 122 valence electrons. The van der Waals surface area contributed by atoms with E-state index >= 15 is 0 Å². The molecule has 0 spiro atoms. The van der Waals surface area contributed by atoms with Gasteiger partial charge in [-0.25, -0.2) is 0 Å². The monoisotopic (exact) mass is 314 g/mol. The fraction of sp³-hybridized carbons (Fsp3) is 0.278. The molecule has 0 unspecified atom stereocenters. The Hall–Kier alpha value is -2.69. The Kier molecular flexibility index (Phi) is 5.46. The average molecular weight is 314 g/mol. The second-order valence-corrected chi connectivity index (χ2v) is 5.27. The van der Waals surface area contributed by atoms with E-state index in [1.807, 2.05) is 38.1 Å². The van der Waals surface area contributed by atoms with E-state index in [-0.39, 0.29) is 12.5 Å². The molecule has 2 N–H and O–H groups in total. The van der Waals surface area contributed by atoms with Gasteiger partial charge >= 0.3 is 0 Å². The number of hydrogen-bond acceptors (Lipinski definition) is 4. The SMILES string of the molecule is COc1ccc(NCC(=O)Nc2ccc(C)c(C)c2)cc1OC. The highest BCUT2D eigenvalue weighted by Gasteiger charge is 2.07. The van der Waals surface area contributed by atoms with Crippen molar-refractivity contribution in [2.45, 2.75) is 13.8 Å². The van der Waals surface area contributed by atoms with Crippen LogP contribution in [0.5, 0.6) is 11.5 Å². The number of benzene rings is 2. The zero-order chi connectivity index (χ0) is 16.8. The van der Waals surface area contributed by atoms with Crippen LogP contribution in [0.25, 0.3) is 0 Å². The van der Waals surface area contributed by atoms with E-state index in [4.69, 9.17) is 9.47 Å². The van der Waals surface area contributed by atoms with Gasteiger partial charge < -0.3 is 20.1 Å². The molecule has 0 atom stereocenters. The van der Waals surface area contributed by atoms with Crippen LogP contribution in [-0.4, -0.2) is 26.7 Å². The third kappa shape index (κ3) is 4.39. The fourth-order valence-corrected chi connectivity index (χ4v) is 2.15. The lowest BCUT2D eigenvalue weighted by Crippen LogP contribution is -2.21. The number of carbonyl (C=O) groups excluding carboxylic acids is 1. The minimum atomic E-state index is -0.108. The highest BCUT2D eigenvalue weighted by Crippen LogP contribution is 2.29. The Morgan fingerprint density at radius 1 is 0.913 bits per heavy atom. The van der Waals surface area contributed by atoms with E-state index in [9.17, 15) is 4.79 Å². The number of aryl methyl sites for hydroxylation is 2. The van der Waals surface area contributed by atoms with Crippen molar-refractivity contribution in [3.8, 4) is 11.5 Å². The van der Waals surface area contributed by atoms with E-state index in [2.05, 4.69) is 10.6 Å². The smallest absolute Gasteiger partial charge is 0.243 e. The van der Waals surface area contributed by atoms with E-state index < -0.39 is 0 Å². The molecule has 0 radical (unpaired) electrons. The Balaban J connectivity index is 1.95. The number of amides is 1. The summed E-state index contributed by atoms with van der Waals surface area (Å²) in [6, 6.07) is 11.3. The number of methoxy groups -OCH3 is 2. The normalized spacial score (nSPS) is 10.1. The van der Waals surface area contributed by atoms with Gasteiger partial charge in [-0.2, -0.15) is 0 Å². The van der Waals surface area contributed by atoms with Crippen LogP contribution < -0.4 is 20.1 Å². The largest absolute Gasteiger partial charge is 0.493 e. The first-order valence-electron chi connectivity index (χ1n) is 7.36. The molecule has 23 heavy (non-hydrogen) atoms. The quantitative estimate of drug-likeness (QED) is 0.858. The number of rotatable bonds is 6. The van der Waals surface area contributed by atoms with Crippen LogP contribution >= 0.6 is 0 Å². The number of nitrogens with one attached hydrogen (secondary N) is 2. The number of hydrogen-bond donors (Lipinski definition) is 2. The van der Waals surface area contributed by atoms with Gasteiger partial charge in [0.2, 0.25) is 5.91 Å². The second kappa shape index (κ2) is 7.54. The maximum Gasteiger partial charge on any atom is 0.243 e. The molecule has 2 aromatic carbocycles. The molecule has 0 aliphatic rings. The molecule has 0 heterocycles. The van der Waals surface area contributed by atoms with Crippen LogP contribution in [0.15, 0.2) is 36.4 Å². The van der Waals surface area contributed by atoms with Crippen molar-refractivity contribution in [1.29, 1.82) is 0 Å².